The van der Waals surface area contributed by atoms with Gasteiger partial charge in [0.25, 0.3) is 5.56 Å². The number of nitrogens with one attached hydrogen (secondary N) is 1. The van der Waals surface area contributed by atoms with Crippen LogP contribution in [0.25, 0.3) is 0 Å². The zero-order chi connectivity index (χ0) is 11.4. The van der Waals surface area contributed by atoms with Crippen molar-refractivity contribution >= 4 is 11.8 Å². The second-order valence-corrected chi connectivity index (χ2v) is 4.79. The van der Waals surface area contributed by atoms with Gasteiger partial charge in [0.2, 0.25) is 0 Å². The van der Waals surface area contributed by atoms with Crippen molar-refractivity contribution in [3.63, 3.8) is 0 Å². The molecule has 2 rings (SSSR count). The van der Waals surface area contributed by atoms with Crippen LogP contribution in [0.3, 0.4) is 0 Å². The summed E-state index contributed by atoms with van der Waals surface area (Å²) >= 11 is 1.76. The molecule has 0 saturated heterocycles. The minimum Gasteiger partial charge on any atom is -0.303 e. The van der Waals surface area contributed by atoms with Crippen molar-refractivity contribution in [3.05, 3.63) is 52.4 Å². The van der Waals surface area contributed by atoms with Crippen molar-refractivity contribution in [2.75, 3.05) is 5.75 Å². The molecule has 0 aliphatic rings. The number of aromatic amines is 1. The maximum absolute atomic E-state index is 11.2. The Bertz CT molecular complexity index is 515. The summed E-state index contributed by atoms with van der Waals surface area (Å²) in [6.45, 7) is 2.80. The van der Waals surface area contributed by atoms with E-state index >= 15 is 0 Å². The molecule has 1 aromatic heterocycles. The summed E-state index contributed by atoms with van der Waals surface area (Å²) in [5.74, 6) is 0.893. The lowest BCUT2D eigenvalue weighted by molar-refractivity contribution is 0.644. The molecule has 0 bridgehead atoms. The number of thioether (sulfide) groups is 1. The van der Waals surface area contributed by atoms with Gasteiger partial charge in [0.1, 0.15) is 0 Å². The molecule has 1 N–H and O–H groups in total. The molecule has 0 aliphatic heterocycles. The predicted octanol–water partition coefficient (Wildman–Crippen LogP) is 2.28. The fraction of sp³-hybridized carbons (Fsp3) is 0.250. The molecule has 0 aliphatic carbocycles. The van der Waals surface area contributed by atoms with Gasteiger partial charge < -0.3 is 5.10 Å². The first-order chi connectivity index (χ1) is 7.75. The van der Waals surface area contributed by atoms with Crippen LogP contribution in [0.2, 0.25) is 0 Å². The smallest absolute Gasteiger partial charge is 0.266 e. The van der Waals surface area contributed by atoms with Gasteiger partial charge in [0, 0.05) is 22.9 Å². The number of rotatable bonds is 4. The largest absolute Gasteiger partial charge is 0.303 e. The second kappa shape index (κ2) is 5.07. The van der Waals surface area contributed by atoms with Gasteiger partial charge in [-0.1, -0.05) is 17.7 Å². The molecule has 2 aromatic rings. The molecular formula is C12H14N2OS. The highest BCUT2D eigenvalue weighted by atomic mass is 32.2. The Labute approximate surface area is 98.5 Å². The van der Waals surface area contributed by atoms with E-state index in [9.17, 15) is 4.79 Å². The lowest BCUT2D eigenvalue weighted by atomic mass is 10.2. The van der Waals surface area contributed by atoms with Gasteiger partial charge >= 0.3 is 0 Å². The molecule has 1 heterocycles. The van der Waals surface area contributed by atoms with Crippen molar-refractivity contribution in [1.29, 1.82) is 0 Å². The van der Waals surface area contributed by atoms with Gasteiger partial charge in [-0.25, -0.2) is 0 Å². The Morgan fingerprint density at radius 2 is 2.25 bits per heavy atom. The maximum Gasteiger partial charge on any atom is 0.266 e. The van der Waals surface area contributed by atoms with Crippen LogP contribution in [0.1, 0.15) is 5.56 Å². The topological polar surface area (TPSA) is 37.8 Å². The molecule has 3 nitrogen and oxygen atoms in total. The van der Waals surface area contributed by atoms with Crippen LogP contribution in [-0.4, -0.2) is 15.5 Å². The Kier molecular flexibility index (Phi) is 3.51. The third-order valence-corrected chi connectivity index (χ3v) is 3.27. The Hall–Kier alpha value is -1.42. The summed E-state index contributed by atoms with van der Waals surface area (Å²) in [5.41, 5.74) is 1.30. The number of aromatic nitrogens is 2. The maximum atomic E-state index is 11.2. The third-order valence-electron chi connectivity index (χ3n) is 2.30. The highest BCUT2D eigenvalue weighted by molar-refractivity contribution is 7.99. The number of aryl methyl sites for hydroxylation is 2. The first kappa shape index (κ1) is 11.1. The molecule has 84 valence electrons. The Balaban J connectivity index is 1.89. The van der Waals surface area contributed by atoms with Crippen molar-refractivity contribution in [3.8, 4) is 0 Å². The van der Waals surface area contributed by atoms with E-state index < -0.39 is 0 Å². The highest BCUT2D eigenvalue weighted by Crippen LogP contribution is 2.18. The van der Waals surface area contributed by atoms with E-state index in [2.05, 4.69) is 36.3 Å². The minimum absolute atomic E-state index is 0.0323. The molecule has 0 atom stereocenters. The van der Waals surface area contributed by atoms with E-state index in [1.54, 1.807) is 22.6 Å². The number of nitrogens with zero attached hydrogens (tertiary/aromatic N) is 1. The predicted molar refractivity (Wildman–Crippen MR) is 67.0 cm³/mol. The molecule has 0 amide bonds. The monoisotopic (exact) mass is 234 g/mol. The van der Waals surface area contributed by atoms with Crippen LogP contribution >= 0.6 is 11.8 Å². The normalized spacial score (nSPS) is 10.6. The highest BCUT2D eigenvalue weighted by Gasteiger charge is 1.97. The average Bonchev–Trinajstić information content (AvgIpc) is 2.65. The Morgan fingerprint density at radius 3 is 2.94 bits per heavy atom. The SMILES string of the molecule is Cc1cccc(SCCn2[nH]ccc2=O)c1. The van der Waals surface area contributed by atoms with Gasteiger partial charge in [-0.3, -0.25) is 9.48 Å². The summed E-state index contributed by atoms with van der Waals surface area (Å²) in [6.07, 6.45) is 1.67. The zero-order valence-electron chi connectivity index (χ0n) is 9.14. The van der Waals surface area contributed by atoms with Gasteiger partial charge in [-0.05, 0) is 19.1 Å². The van der Waals surface area contributed by atoms with Gasteiger partial charge in [0.15, 0.2) is 0 Å². The van der Waals surface area contributed by atoms with Crippen LogP contribution in [0.4, 0.5) is 0 Å². The summed E-state index contributed by atoms with van der Waals surface area (Å²) in [7, 11) is 0. The molecule has 16 heavy (non-hydrogen) atoms. The number of benzene rings is 1. The molecular weight excluding hydrogens is 220 g/mol. The van der Waals surface area contributed by atoms with E-state index in [4.69, 9.17) is 0 Å². The summed E-state index contributed by atoms with van der Waals surface area (Å²) in [4.78, 5) is 12.5. The van der Waals surface area contributed by atoms with Crippen molar-refractivity contribution in [2.45, 2.75) is 18.4 Å². The molecule has 1 aromatic carbocycles. The quantitative estimate of drug-likeness (QED) is 0.824. The lowest BCUT2D eigenvalue weighted by Gasteiger charge is -2.03. The molecule has 0 unspecified atom stereocenters. The van der Waals surface area contributed by atoms with Gasteiger partial charge in [-0.15, -0.1) is 11.8 Å². The first-order valence-electron chi connectivity index (χ1n) is 5.19. The minimum atomic E-state index is 0.0323. The van der Waals surface area contributed by atoms with Gasteiger partial charge in [0.05, 0.1) is 6.54 Å². The Morgan fingerprint density at radius 1 is 1.38 bits per heavy atom. The van der Waals surface area contributed by atoms with Crippen molar-refractivity contribution < 1.29 is 0 Å². The van der Waals surface area contributed by atoms with Crippen molar-refractivity contribution in [2.24, 2.45) is 0 Å². The fourth-order valence-electron chi connectivity index (χ4n) is 1.49. The second-order valence-electron chi connectivity index (χ2n) is 3.62. The average molecular weight is 234 g/mol. The van der Waals surface area contributed by atoms with Crippen LogP contribution in [-0.2, 0) is 6.54 Å². The summed E-state index contributed by atoms with van der Waals surface area (Å²) < 4.78 is 1.61. The number of hydrogen-bond donors (Lipinski definition) is 1. The third kappa shape index (κ3) is 2.79. The van der Waals surface area contributed by atoms with Crippen LogP contribution < -0.4 is 5.56 Å². The molecule has 0 radical (unpaired) electrons. The summed E-state index contributed by atoms with van der Waals surface area (Å²) in [6, 6.07) is 9.92. The molecule has 0 saturated carbocycles. The van der Waals surface area contributed by atoms with E-state index in [0.29, 0.717) is 6.54 Å². The van der Waals surface area contributed by atoms with Crippen LogP contribution in [0.15, 0.2) is 46.2 Å². The van der Waals surface area contributed by atoms with E-state index in [-0.39, 0.29) is 5.56 Å². The number of hydrogen-bond acceptors (Lipinski definition) is 2. The van der Waals surface area contributed by atoms with E-state index in [1.807, 2.05) is 0 Å². The van der Waals surface area contributed by atoms with Crippen LogP contribution in [0.5, 0.6) is 0 Å². The lowest BCUT2D eigenvalue weighted by Crippen LogP contribution is -2.16. The number of H-pyrrole nitrogens is 1. The fourth-order valence-corrected chi connectivity index (χ4v) is 2.44. The standard InChI is InChI=1S/C12H14N2OS/c1-10-3-2-4-11(9-10)16-8-7-14-12(15)5-6-13-14/h2-6,9,13H,7-8H2,1H3. The van der Waals surface area contributed by atoms with Crippen LogP contribution in [0, 0.1) is 6.92 Å². The van der Waals surface area contributed by atoms with Crippen molar-refractivity contribution in [1.82, 2.24) is 9.78 Å². The molecule has 4 heteroatoms. The first-order valence-corrected chi connectivity index (χ1v) is 6.18. The molecule has 0 spiro atoms. The summed E-state index contributed by atoms with van der Waals surface area (Å²) in [5, 5.41) is 2.89. The molecule has 0 fully saturated rings. The van der Waals surface area contributed by atoms with E-state index in [1.165, 1.54) is 16.5 Å². The van der Waals surface area contributed by atoms with Gasteiger partial charge in [-0.2, -0.15) is 0 Å². The van der Waals surface area contributed by atoms with E-state index in [0.717, 1.165) is 5.75 Å². The zero-order valence-corrected chi connectivity index (χ0v) is 9.96.